The quantitative estimate of drug-likeness (QED) is 0.716. The molecule has 0 spiro atoms. The number of benzene rings is 1. The molecule has 0 radical (unpaired) electrons. The van der Waals surface area contributed by atoms with Crippen LogP contribution in [0, 0.1) is 0 Å². The highest BCUT2D eigenvalue weighted by Gasteiger charge is 2.15. The van der Waals surface area contributed by atoms with Crippen LogP contribution < -0.4 is 4.90 Å². The zero-order valence-corrected chi connectivity index (χ0v) is 14.5. The zero-order valence-electron chi connectivity index (χ0n) is 14.5. The minimum atomic E-state index is -0.0643. The Morgan fingerprint density at radius 2 is 1.84 bits per heavy atom. The lowest BCUT2D eigenvalue weighted by Gasteiger charge is -2.17. The number of pyridine rings is 1. The third kappa shape index (κ3) is 3.85. The van der Waals surface area contributed by atoms with E-state index in [4.69, 9.17) is 4.52 Å². The first kappa shape index (κ1) is 16.7. The average molecular weight is 336 g/mol. The summed E-state index contributed by atoms with van der Waals surface area (Å²) in [5.74, 6) is 0.567. The predicted molar refractivity (Wildman–Crippen MR) is 96.3 cm³/mol. The van der Waals surface area contributed by atoms with E-state index in [1.165, 1.54) is 0 Å². The molecular formula is C19H20N4O2. The molecule has 1 amide bonds. The van der Waals surface area contributed by atoms with Crippen LogP contribution in [0.3, 0.4) is 0 Å². The summed E-state index contributed by atoms with van der Waals surface area (Å²) in [5, 5.41) is 4.06. The highest BCUT2D eigenvalue weighted by Crippen LogP contribution is 2.20. The molecule has 0 N–H and O–H groups in total. The summed E-state index contributed by atoms with van der Waals surface area (Å²) in [6, 6.07) is 13.1. The fourth-order valence-electron chi connectivity index (χ4n) is 2.49. The van der Waals surface area contributed by atoms with Gasteiger partial charge in [0.2, 0.25) is 0 Å². The van der Waals surface area contributed by atoms with Crippen LogP contribution in [0.1, 0.15) is 16.1 Å². The molecule has 6 nitrogen and oxygen atoms in total. The number of rotatable bonds is 5. The first-order valence-electron chi connectivity index (χ1n) is 7.93. The second-order valence-electron chi connectivity index (χ2n) is 6.02. The van der Waals surface area contributed by atoms with Crippen LogP contribution in [-0.2, 0) is 6.54 Å². The molecule has 6 heteroatoms. The maximum Gasteiger partial charge on any atom is 0.254 e. The largest absolute Gasteiger partial charge is 0.378 e. The zero-order chi connectivity index (χ0) is 17.8. The minimum absolute atomic E-state index is 0.0643. The van der Waals surface area contributed by atoms with Crippen molar-refractivity contribution in [2.24, 2.45) is 0 Å². The van der Waals surface area contributed by atoms with Crippen molar-refractivity contribution in [1.29, 1.82) is 0 Å². The van der Waals surface area contributed by atoms with Crippen molar-refractivity contribution in [1.82, 2.24) is 15.0 Å². The van der Waals surface area contributed by atoms with Gasteiger partial charge >= 0.3 is 0 Å². The van der Waals surface area contributed by atoms with Crippen LogP contribution in [0.25, 0.3) is 11.3 Å². The van der Waals surface area contributed by atoms with Crippen LogP contribution in [0.4, 0.5) is 5.69 Å². The maximum atomic E-state index is 12.6. The molecule has 2 aromatic heterocycles. The Hall–Kier alpha value is -3.15. The Labute approximate surface area is 146 Å². The third-order valence-electron chi connectivity index (χ3n) is 3.88. The van der Waals surface area contributed by atoms with E-state index < -0.39 is 0 Å². The molecule has 0 aliphatic rings. The Morgan fingerprint density at radius 3 is 2.56 bits per heavy atom. The maximum absolute atomic E-state index is 12.6. The molecule has 0 atom stereocenters. The molecule has 3 rings (SSSR count). The first-order chi connectivity index (χ1) is 12.0. The second-order valence-corrected chi connectivity index (χ2v) is 6.02. The first-order valence-corrected chi connectivity index (χ1v) is 7.93. The normalized spacial score (nSPS) is 10.5. The Kier molecular flexibility index (Phi) is 4.79. The van der Waals surface area contributed by atoms with E-state index in [0.29, 0.717) is 17.9 Å². The molecule has 25 heavy (non-hydrogen) atoms. The van der Waals surface area contributed by atoms with Gasteiger partial charge in [0.25, 0.3) is 5.91 Å². The number of hydrogen-bond donors (Lipinski definition) is 0. The number of amides is 1. The van der Waals surface area contributed by atoms with E-state index >= 15 is 0 Å². The van der Waals surface area contributed by atoms with Crippen molar-refractivity contribution >= 4 is 11.6 Å². The van der Waals surface area contributed by atoms with Crippen molar-refractivity contribution in [3.05, 3.63) is 66.2 Å². The van der Waals surface area contributed by atoms with Crippen molar-refractivity contribution in [2.45, 2.75) is 6.54 Å². The van der Waals surface area contributed by atoms with Crippen LogP contribution >= 0.6 is 0 Å². The van der Waals surface area contributed by atoms with Crippen molar-refractivity contribution in [3.63, 3.8) is 0 Å². The number of aromatic nitrogens is 2. The molecule has 2 heterocycles. The summed E-state index contributed by atoms with van der Waals surface area (Å²) < 4.78 is 5.37. The van der Waals surface area contributed by atoms with Gasteiger partial charge in [0.05, 0.1) is 6.54 Å². The van der Waals surface area contributed by atoms with E-state index in [0.717, 1.165) is 16.9 Å². The Bertz CT molecular complexity index is 859. The monoisotopic (exact) mass is 336 g/mol. The summed E-state index contributed by atoms with van der Waals surface area (Å²) in [4.78, 5) is 20.2. The standard InChI is InChI=1S/C19H20N4O2/c1-22(2)16-6-4-5-15(11-16)19(24)23(3)13-17-12-18(21-25-17)14-7-9-20-10-8-14/h4-12H,13H2,1-3H3. The molecule has 1 aromatic carbocycles. The van der Waals surface area contributed by atoms with E-state index in [-0.39, 0.29) is 5.91 Å². The van der Waals surface area contributed by atoms with Crippen molar-refractivity contribution in [3.8, 4) is 11.3 Å². The van der Waals surface area contributed by atoms with E-state index in [2.05, 4.69) is 10.1 Å². The van der Waals surface area contributed by atoms with Gasteiger partial charge in [-0.3, -0.25) is 9.78 Å². The fourth-order valence-corrected chi connectivity index (χ4v) is 2.49. The Morgan fingerprint density at radius 1 is 1.08 bits per heavy atom. The lowest BCUT2D eigenvalue weighted by Crippen LogP contribution is -2.26. The molecule has 0 unspecified atom stereocenters. The molecule has 0 fully saturated rings. The van der Waals surface area contributed by atoms with Gasteiger partial charge in [-0.25, -0.2) is 0 Å². The third-order valence-corrected chi connectivity index (χ3v) is 3.88. The van der Waals surface area contributed by atoms with Gasteiger partial charge < -0.3 is 14.3 Å². The van der Waals surface area contributed by atoms with Crippen LogP contribution in [0.5, 0.6) is 0 Å². The number of carbonyl (C=O) groups excluding carboxylic acids is 1. The SMILES string of the molecule is CN(Cc1cc(-c2ccncc2)no1)C(=O)c1cccc(N(C)C)c1. The van der Waals surface area contributed by atoms with E-state index in [9.17, 15) is 4.79 Å². The summed E-state index contributed by atoms with van der Waals surface area (Å²) in [6.07, 6.45) is 3.41. The number of carbonyl (C=O) groups is 1. The molecule has 3 aromatic rings. The van der Waals surface area contributed by atoms with Gasteiger partial charge in [0.15, 0.2) is 5.76 Å². The number of nitrogens with zero attached hydrogens (tertiary/aromatic N) is 4. The topological polar surface area (TPSA) is 62.5 Å². The van der Waals surface area contributed by atoms with Gasteiger partial charge in [-0.2, -0.15) is 0 Å². The van der Waals surface area contributed by atoms with Gasteiger partial charge in [-0.05, 0) is 30.3 Å². The molecule has 0 aliphatic carbocycles. The van der Waals surface area contributed by atoms with Crippen molar-refractivity contribution < 1.29 is 9.32 Å². The summed E-state index contributed by atoms with van der Waals surface area (Å²) in [6.45, 7) is 0.350. The van der Waals surface area contributed by atoms with Gasteiger partial charge in [-0.1, -0.05) is 11.2 Å². The number of hydrogen-bond acceptors (Lipinski definition) is 5. The van der Waals surface area contributed by atoms with Crippen molar-refractivity contribution in [2.75, 3.05) is 26.0 Å². The average Bonchev–Trinajstić information content (AvgIpc) is 3.10. The smallest absolute Gasteiger partial charge is 0.254 e. The van der Waals surface area contributed by atoms with E-state index in [1.54, 1.807) is 24.3 Å². The molecule has 128 valence electrons. The van der Waals surface area contributed by atoms with Crippen LogP contribution in [-0.4, -0.2) is 42.1 Å². The van der Waals surface area contributed by atoms with Gasteiger partial charge in [-0.15, -0.1) is 0 Å². The summed E-state index contributed by atoms with van der Waals surface area (Å²) in [5.41, 5.74) is 3.28. The lowest BCUT2D eigenvalue weighted by atomic mass is 10.1. The second kappa shape index (κ2) is 7.17. The molecule has 0 saturated carbocycles. The lowest BCUT2D eigenvalue weighted by molar-refractivity contribution is 0.0772. The highest BCUT2D eigenvalue weighted by molar-refractivity contribution is 5.95. The number of anilines is 1. The van der Waals surface area contributed by atoms with Crippen LogP contribution in [0.2, 0.25) is 0 Å². The summed E-state index contributed by atoms with van der Waals surface area (Å²) in [7, 11) is 5.64. The van der Waals surface area contributed by atoms with Crippen LogP contribution in [0.15, 0.2) is 59.4 Å². The summed E-state index contributed by atoms with van der Waals surface area (Å²) >= 11 is 0. The van der Waals surface area contributed by atoms with Gasteiger partial charge in [0.1, 0.15) is 5.69 Å². The predicted octanol–water partition coefficient (Wildman–Crippen LogP) is 3.07. The molecular weight excluding hydrogens is 316 g/mol. The highest BCUT2D eigenvalue weighted by atomic mass is 16.5. The fraction of sp³-hybridized carbons (Fsp3) is 0.211. The van der Waals surface area contributed by atoms with Gasteiger partial charge in [0, 0.05) is 56.4 Å². The molecule has 0 saturated heterocycles. The minimum Gasteiger partial charge on any atom is -0.378 e. The van der Waals surface area contributed by atoms with E-state index in [1.807, 2.05) is 61.5 Å². The Balaban J connectivity index is 1.72. The molecule has 0 aliphatic heterocycles. The molecule has 0 bridgehead atoms.